The number of aryl methyl sites for hydroxylation is 2. The number of rotatable bonds is 2. The van der Waals surface area contributed by atoms with Gasteiger partial charge in [0.2, 0.25) is 5.91 Å². The van der Waals surface area contributed by atoms with Gasteiger partial charge in [-0.05, 0) is 81.4 Å². The zero-order chi connectivity index (χ0) is 16.4. The van der Waals surface area contributed by atoms with Crippen LogP contribution in [0.25, 0.3) is 0 Å². The van der Waals surface area contributed by atoms with Gasteiger partial charge in [-0.15, -0.1) is 0 Å². The highest BCUT2D eigenvalue weighted by Gasteiger charge is 2.60. The molecule has 1 amide bonds. The van der Waals surface area contributed by atoms with E-state index in [1.165, 1.54) is 30.4 Å². The Labute approximate surface area is 147 Å². The lowest BCUT2D eigenvalue weighted by molar-refractivity contribution is -0.140. The van der Waals surface area contributed by atoms with Gasteiger partial charge < -0.3 is 4.90 Å². The molecule has 5 rings (SSSR count). The summed E-state index contributed by atoms with van der Waals surface area (Å²) in [5, 5.41) is 0. The van der Waals surface area contributed by atoms with E-state index in [-0.39, 0.29) is 9.74 Å². The smallest absolute Gasteiger partial charge is 0.233 e. The van der Waals surface area contributed by atoms with Crippen molar-refractivity contribution < 1.29 is 4.79 Å². The minimum absolute atomic E-state index is 0.126. The fourth-order valence-corrected chi connectivity index (χ4v) is 7.40. The lowest BCUT2D eigenvalue weighted by Gasteiger charge is -2.60. The van der Waals surface area contributed by atoms with Crippen molar-refractivity contribution in [3.05, 3.63) is 29.3 Å². The molecule has 0 spiro atoms. The van der Waals surface area contributed by atoms with Crippen LogP contribution in [0.1, 0.15) is 49.7 Å². The average molecular weight is 376 g/mol. The number of anilines is 1. The van der Waals surface area contributed by atoms with Crippen molar-refractivity contribution in [3.8, 4) is 0 Å². The maximum absolute atomic E-state index is 13.5. The molecule has 0 saturated heterocycles. The van der Waals surface area contributed by atoms with Crippen LogP contribution in [0.15, 0.2) is 18.2 Å². The monoisotopic (exact) mass is 375 g/mol. The van der Waals surface area contributed by atoms with E-state index >= 15 is 0 Å². The third-order valence-electron chi connectivity index (χ3n) is 6.47. The molecule has 1 aromatic carbocycles. The third-order valence-corrected chi connectivity index (χ3v) is 7.40. The van der Waals surface area contributed by atoms with E-state index in [0.29, 0.717) is 5.91 Å². The molecule has 0 N–H and O–H groups in total. The first kappa shape index (κ1) is 15.7. The second-order valence-corrected chi connectivity index (χ2v) is 10.2. The predicted molar refractivity (Wildman–Crippen MR) is 98.1 cm³/mol. The number of carbonyl (C=O) groups is 1. The Morgan fingerprint density at radius 2 is 1.83 bits per heavy atom. The molecule has 2 atom stereocenters. The standard InChI is InChI=1S/C20H26BrNO/c1-13-4-5-14(2)17(6-13)22(3)18(23)19-8-15-7-16(9-19)11-20(21,10-15)12-19/h4-6,15-16H,7-12H2,1-3H3. The normalized spacial score (nSPS) is 37.9. The third kappa shape index (κ3) is 2.47. The zero-order valence-electron chi connectivity index (χ0n) is 14.4. The van der Waals surface area contributed by atoms with Crippen LogP contribution in [0, 0.1) is 31.1 Å². The first-order valence-corrected chi connectivity index (χ1v) is 9.64. The highest BCUT2D eigenvalue weighted by Crippen LogP contribution is 2.64. The Morgan fingerprint density at radius 3 is 2.43 bits per heavy atom. The minimum atomic E-state index is -0.126. The second kappa shape index (κ2) is 5.08. The fourth-order valence-electron chi connectivity index (χ4n) is 5.95. The number of halogens is 1. The Morgan fingerprint density at radius 1 is 1.17 bits per heavy atom. The molecule has 0 aromatic heterocycles. The molecule has 4 aliphatic carbocycles. The molecule has 23 heavy (non-hydrogen) atoms. The van der Waals surface area contributed by atoms with Crippen LogP contribution < -0.4 is 4.90 Å². The summed E-state index contributed by atoms with van der Waals surface area (Å²) in [5.74, 6) is 1.84. The Balaban J connectivity index is 1.67. The van der Waals surface area contributed by atoms with Gasteiger partial charge in [0.25, 0.3) is 0 Å². The van der Waals surface area contributed by atoms with E-state index in [2.05, 4.69) is 48.0 Å². The summed E-state index contributed by atoms with van der Waals surface area (Å²) in [6.45, 7) is 4.20. The molecule has 4 saturated carbocycles. The van der Waals surface area contributed by atoms with Gasteiger partial charge in [0.05, 0.1) is 5.41 Å². The summed E-state index contributed by atoms with van der Waals surface area (Å²) in [4.78, 5) is 15.5. The van der Waals surface area contributed by atoms with E-state index in [0.717, 1.165) is 36.8 Å². The number of hydrogen-bond donors (Lipinski definition) is 0. The molecule has 0 radical (unpaired) electrons. The van der Waals surface area contributed by atoms with Crippen molar-refractivity contribution in [1.82, 2.24) is 0 Å². The number of hydrogen-bond acceptors (Lipinski definition) is 1. The summed E-state index contributed by atoms with van der Waals surface area (Å²) in [6.07, 6.45) is 7.11. The van der Waals surface area contributed by atoms with Gasteiger partial charge in [0.15, 0.2) is 0 Å². The highest BCUT2D eigenvalue weighted by molar-refractivity contribution is 9.10. The molecule has 2 nitrogen and oxygen atoms in total. The van der Waals surface area contributed by atoms with Crippen LogP contribution in [0.4, 0.5) is 5.69 Å². The molecule has 124 valence electrons. The first-order chi connectivity index (χ1) is 10.8. The van der Waals surface area contributed by atoms with Crippen molar-refractivity contribution in [2.75, 3.05) is 11.9 Å². The van der Waals surface area contributed by atoms with Crippen LogP contribution in [-0.4, -0.2) is 17.3 Å². The maximum Gasteiger partial charge on any atom is 0.233 e. The first-order valence-electron chi connectivity index (χ1n) is 8.85. The van der Waals surface area contributed by atoms with E-state index in [1.807, 2.05) is 11.9 Å². The van der Waals surface area contributed by atoms with Crippen molar-refractivity contribution in [1.29, 1.82) is 0 Å². The molecule has 4 bridgehead atoms. The van der Waals surface area contributed by atoms with E-state index in [1.54, 1.807) is 0 Å². The summed E-state index contributed by atoms with van der Waals surface area (Å²) in [7, 11) is 1.98. The molecule has 0 aliphatic heterocycles. The maximum atomic E-state index is 13.5. The van der Waals surface area contributed by atoms with Gasteiger partial charge >= 0.3 is 0 Å². The molecular weight excluding hydrogens is 350 g/mol. The summed E-state index contributed by atoms with van der Waals surface area (Å²) >= 11 is 4.02. The topological polar surface area (TPSA) is 20.3 Å². The van der Waals surface area contributed by atoms with Crippen LogP contribution in [-0.2, 0) is 4.79 Å². The SMILES string of the molecule is Cc1ccc(C)c(N(C)C(=O)C23CC4CC(CC(Br)(C4)C2)C3)c1. The van der Waals surface area contributed by atoms with Gasteiger partial charge in [-0.1, -0.05) is 28.1 Å². The molecule has 0 heterocycles. The minimum Gasteiger partial charge on any atom is -0.315 e. The van der Waals surface area contributed by atoms with Crippen molar-refractivity contribution >= 4 is 27.5 Å². The van der Waals surface area contributed by atoms with Crippen molar-refractivity contribution in [2.45, 2.75) is 56.7 Å². The van der Waals surface area contributed by atoms with Crippen LogP contribution >= 0.6 is 15.9 Å². The highest BCUT2D eigenvalue weighted by atomic mass is 79.9. The number of benzene rings is 1. The fraction of sp³-hybridized carbons (Fsp3) is 0.650. The van der Waals surface area contributed by atoms with Gasteiger partial charge in [0.1, 0.15) is 0 Å². The van der Waals surface area contributed by atoms with Crippen LogP contribution in [0.2, 0.25) is 0 Å². The number of carbonyl (C=O) groups excluding carboxylic acids is 1. The van der Waals surface area contributed by atoms with E-state index in [9.17, 15) is 4.79 Å². The zero-order valence-corrected chi connectivity index (χ0v) is 15.9. The Hall–Kier alpha value is -0.830. The summed E-state index contributed by atoms with van der Waals surface area (Å²) < 4.78 is 0.231. The van der Waals surface area contributed by atoms with Crippen molar-refractivity contribution in [3.63, 3.8) is 0 Å². The predicted octanol–water partition coefficient (Wildman–Crippen LogP) is 5.00. The molecular formula is C20H26BrNO. The lowest BCUT2D eigenvalue weighted by Crippen LogP contribution is -2.58. The Bertz CT molecular complexity index is 654. The largest absolute Gasteiger partial charge is 0.315 e. The Kier molecular flexibility index (Phi) is 3.46. The average Bonchev–Trinajstić information content (AvgIpc) is 2.45. The summed E-state index contributed by atoms with van der Waals surface area (Å²) in [6, 6.07) is 6.40. The molecule has 4 fully saturated rings. The number of amides is 1. The lowest BCUT2D eigenvalue weighted by atomic mass is 9.49. The van der Waals surface area contributed by atoms with Crippen molar-refractivity contribution in [2.24, 2.45) is 17.3 Å². The molecule has 2 unspecified atom stereocenters. The van der Waals surface area contributed by atoms with Gasteiger partial charge in [-0.25, -0.2) is 0 Å². The van der Waals surface area contributed by atoms with Crippen LogP contribution in [0.5, 0.6) is 0 Å². The quantitative estimate of drug-likeness (QED) is 0.665. The second-order valence-electron chi connectivity index (χ2n) is 8.55. The van der Waals surface area contributed by atoms with Gasteiger partial charge in [-0.3, -0.25) is 4.79 Å². The molecule has 3 heteroatoms. The molecule has 4 aliphatic rings. The van der Waals surface area contributed by atoms with E-state index in [4.69, 9.17) is 0 Å². The van der Waals surface area contributed by atoms with Gasteiger partial charge in [-0.2, -0.15) is 0 Å². The summed E-state index contributed by atoms with van der Waals surface area (Å²) in [5.41, 5.74) is 3.35. The molecule has 1 aromatic rings. The van der Waals surface area contributed by atoms with E-state index < -0.39 is 0 Å². The number of nitrogens with zero attached hydrogens (tertiary/aromatic N) is 1. The number of alkyl halides is 1. The van der Waals surface area contributed by atoms with Crippen LogP contribution in [0.3, 0.4) is 0 Å². The van der Waals surface area contributed by atoms with Gasteiger partial charge in [0, 0.05) is 17.1 Å².